The monoisotopic (exact) mass is 323 g/mol. The summed E-state index contributed by atoms with van der Waals surface area (Å²) in [6.07, 6.45) is 1.89. The van der Waals surface area contributed by atoms with Gasteiger partial charge in [-0.25, -0.2) is 4.98 Å². The van der Waals surface area contributed by atoms with Crippen molar-refractivity contribution in [3.05, 3.63) is 36.5 Å². The van der Waals surface area contributed by atoms with E-state index in [1.54, 1.807) is 0 Å². The topological polar surface area (TPSA) is 71.2 Å². The number of pyridine rings is 1. The SMILES string of the molecule is CC(C)Nc1cc(Nc2cc[c]c3c2OCCO3)nc2[nH]ccc12. The molecule has 0 saturated carbocycles. The quantitative estimate of drug-likeness (QED) is 0.683. The van der Waals surface area contributed by atoms with Crippen molar-refractivity contribution in [3.8, 4) is 11.5 Å². The summed E-state index contributed by atoms with van der Waals surface area (Å²) in [7, 11) is 0. The first-order valence-corrected chi connectivity index (χ1v) is 8.02. The molecule has 0 unspecified atom stereocenters. The molecular formula is C18H19N4O2. The summed E-state index contributed by atoms with van der Waals surface area (Å²) >= 11 is 0. The molecule has 0 amide bonds. The van der Waals surface area contributed by atoms with Gasteiger partial charge in [0.25, 0.3) is 0 Å². The van der Waals surface area contributed by atoms with Gasteiger partial charge in [-0.3, -0.25) is 0 Å². The molecule has 3 heterocycles. The van der Waals surface area contributed by atoms with Crippen LogP contribution in [0, 0.1) is 6.07 Å². The summed E-state index contributed by atoms with van der Waals surface area (Å²) in [6.45, 7) is 5.30. The van der Waals surface area contributed by atoms with Crippen LogP contribution in [-0.4, -0.2) is 29.2 Å². The molecule has 0 aliphatic carbocycles. The van der Waals surface area contributed by atoms with Crippen molar-refractivity contribution in [2.75, 3.05) is 23.8 Å². The minimum absolute atomic E-state index is 0.328. The smallest absolute Gasteiger partial charge is 0.185 e. The second-order valence-corrected chi connectivity index (χ2v) is 5.97. The van der Waals surface area contributed by atoms with Gasteiger partial charge >= 0.3 is 0 Å². The van der Waals surface area contributed by atoms with Crippen molar-refractivity contribution in [1.82, 2.24) is 9.97 Å². The summed E-state index contributed by atoms with van der Waals surface area (Å²) in [5.74, 6) is 2.04. The highest BCUT2D eigenvalue weighted by molar-refractivity contribution is 5.92. The van der Waals surface area contributed by atoms with Gasteiger partial charge in [0, 0.05) is 35.4 Å². The lowest BCUT2D eigenvalue weighted by Gasteiger charge is -2.21. The molecule has 6 heteroatoms. The fourth-order valence-corrected chi connectivity index (χ4v) is 2.77. The third-order valence-corrected chi connectivity index (χ3v) is 3.73. The minimum Gasteiger partial charge on any atom is -0.485 e. The molecule has 3 aromatic rings. The van der Waals surface area contributed by atoms with E-state index in [0.29, 0.717) is 30.8 Å². The number of rotatable bonds is 4. The number of benzene rings is 1. The molecule has 1 aromatic carbocycles. The predicted octanol–water partition coefficient (Wildman–Crippen LogP) is 3.70. The number of nitrogens with zero attached hydrogens (tertiary/aromatic N) is 1. The fourth-order valence-electron chi connectivity index (χ4n) is 2.77. The van der Waals surface area contributed by atoms with Gasteiger partial charge < -0.3 is 25.1 Å². The number of ether oxygens (including phenoxy) is 2. The molecule has 6 nitrogen and oxygen atoms in total. The third-order valence-electron chi connectivity index (χ3n) is 3.73. The molecule has 0 saturated heterocycles. The lowest BCUT2D eigenvalue weighted by atomic mass is 10.2. The van der Waals surface area contributed by atoms with Crippen LogP contribution >= 0.6 is 0 Å². The third kappa shape index (κ3) is 2.71. The molecule has 2 aromatic heterocycles. The van der Waals surface area contributed by atoms with Crippen molar-refractivity contribution in [2.24, 2.45) is 0 Å². The van der Waals surface area contributed by atoms with E-state index in [-0.39, 0.29) is 0 Å². The molecule has 1 radical (unpaired) electrons. The molecule has 0 bridgehead atoms. The van der Waals surface area contributed by atoms with Crippen LogP contribution < -0.4 is 20.1 Å². The fraction of sp³-hybridized carbons (Fsp3) is 0.278. The maximum Gasteiger partial charge on any atom is 0.185 e. The van der Waals surface area contributed by atoms with E-state index in [1.165, 1.54) is 0 Å². The first kappa shape index (κ1) is 14.7. The van der Waals surface area contributed by atoms with E-state index in [9.17, 15) is 0 Å². The van der Waals surface area contributed by atoms with Crippen molar-refractivity contribution in [2.45, 2.75) is 19.9 Å². The Kier molecular flexibility index (Phi) is 3.65. The molecule has 1 aliphatic heterocycles. The van der Waals surface area contributed by atoms with Gasteiger partial charge in [-0.1, -0.05) is 0 Å². The zero-order valence-electron chi connectivity index (χ0n) is 13.6. The van der Waals surface area contributed by atoms with Gasteiger partial charge in [0.15, 0.2) is 11.5 Å². The average Bonchev–Trinajstić information content (AvgIpc) is 3.03. The van der Waals surface area contributed by atoms with Crippen LogP contribution in [0.2, 0.25) is 0 Å². The number of aromatic nitrogens is 2. The lowest BCUT2D eigenvalue weighted by molar-refractivity contribution is 0.172. The predicted molar refractivity (Wildman–Crippen MR) is 94.4 cm³/mol. The van der Waals surface area contributed by atoms with Crippen molar-refractivity contribution in [1.29, 1.82) is 0 Å². The van der Waals surface area contributed by atoms with E-state index in [2.05, 4.69) is 40.5 Å². The summed E-state index contributed by atoms with van der Waals surface area (Å²) in [6, 6.07) is 11.1. The Morgan fingerprint density at radius 3 is 2.96 bits per heavy atom. The van der Waals surface area contributed by atoms with Crippen molar-refractivity contribution < 1.29 is 9.47 Å². The number of fused-ring (bicyclic) bond motifs is 2. The molecule has 0 spiro atoms. The highest BCUT2D eigenvalue weighted by Crippen LogP contribution is 2.38. The molecule has 1 aliphatic rings. The van der Waals surface area contributed by atoms with E-state index in [4.69, 9.17) is 9.47 Å². The minimum atomic E-state index is 0.328. The number of hydrogen-bond acceptors (Lipinski definition) is 5. The van der Waals surface area contributed by atoms with Crippen LogP contribution in [0.15, 0.2) is 30.5 Å². The second kappa shape index (κ2) is 5.96. The maximum absolute atomic E-state index is 5.72. The van der Waals surface area contributed by atoms with Crippen molar-refractivity contribution in [3.63, 3.8) is 0 Å². The molecule has 4 rings (SSSR count). The molecule has 0 atom stereocenters. The number of anilines is 3. The Hall–Kier alpha value is -2.89. The van der Waals surface area contributed by atoms with Gasteiger partial charge in [0.2, 0.25) is 0 Å². The van der Waals surface area contributed by atoms with E-state index in [1.807, 2.05) is 30.5 Å². The zero-order valence-corrected chi connectivity index (χ0v) is 13.6. The van der Waals surface area contributed by atoms with E-state index in [0.717, 1.165) is 28.2 Å². The van der Waals surface area contributed by atoms with Gasteiger partial charge in [-0.2, -0.15) is 0 Å². The van der Waals surface area contributed by atoms with Gasteiger partial charge in [-0.05, 0) is 32.0 Å². The van der Waals surface area contributed by atoms with Gasteiger partial charge in [-0.15, -0.1) is 0 Å². The largest absolute Gasteiger partial charge is 0.485 e. The standard InChI is InChI=1S/C18H19N4O2/c1-11(2)20-14-10-16(22-18-12(14)6-7-19-18)21-13-4-3-5-15-17(13)24-9-8-23-15/h3-4,6-7,10-11H,8-9H2,1-2H3,(H3,19,20,21,22). The van der Waals surface area contributed by atoms with Gasteiger partial charge in [0.05, 0.1) is 5.69 Å². The number of hydrogen-bond donors (Lipinski definition) is 3. The van der Waals surface area contributed by atoms with Crippen LogP contribution in [0.4, 0.5) is 17.2 Å². The summed E-state index contributed by atoms with van der Waals surface area (Å²) in [4.78, 5) is 7.80. The van der Waals surface area contributed by atoms with Crippen molar-refractivity contribution >= 4 is 28.2 Å². The van der Waals surface area contributed by atoms with Crippen LogP contribution in [0.3, 0.4) is 0 Å². The highest BCUT2D eigenvalue weighted by atomic mass is 16.6. The molecule has 24 heavy (non-hydrogen) atoms. The summed E-state index contributed by atoms with van der Waals surface area (Å²) < 4.78 is 11.3. The Labute approximate surface area is 140 Å². The normalized spacial score (nSPS) is 13.3. The average molecular weight is 323 g/mol. The Morgan fingerprint density at radius 2 is 2.08 bits per heavy atom. The Bertz CT molecular complexity index is 873. The van der Waals surface area contributed by atoms with Crippen LogP contribution in [-0.2, 0) is 0 Å². The van der Waals surface area contributed by atoms with Gasteiger partial charge in [0.1, 0.15) is 24.7 Å². The first-order valence-electron chi connectivity index (χ1n) is 8.02. The summed E-state index contributed by atoms with van der Waals surface area (Å²) in [5, 5.41) is 7.86. The maximum atomic E-state index is 5.72. The van der Waals surface area contributed by atoms with Crippen LogP contribution in [0.5, 0.6) is 11.5 Å². The summed E-state index contributed by atoms with van der Waals surface area (Å²) in [5.41, 5.74) is 2.68. The van der Waals surface area contributed by atoms with E-state index >= 15 is 0 Å². The molecular weight excluding hydrogens is 304 g/mol. The Balaban J connectivity index is 1.72. The van der Waals surface area contributed by atoms with Crippen LogP contribution in [0.1, 0.15) is 13.8 Å². The molecule has 123 valence electrons. The Morgan fingerprint density at radius 1 is 1.21 bits per heavy atom. The molecule has 0 fully saturated rings. The van der Waals surface area contributed by atoms with E-state index < -0.39 is 0 Å². The highest BCUT2D eigenvalue weighted by Gasteiger charge is 2.17. The number of H-pyrrole nitrogens is 1. The first-order chi connectivity index (χ1) is 11.7. The zero-order chi connectivity index (χ0) is 16.5. The second-order valence-electron chi connectivity index (χ2n) is 5.97. The lowest BCUT2D eigenvalue weighted by Crippen LogP contribution is -2.16. The number of nitrogens with one attached hydrogen (secondary N) is 3. The van der Waals surface area contributed by atoms with Crippen LogP contribution in [0.25, 0.3) is 11.0 Å². The molecule has 3 N–H and O–H groups in total. The number of aromatic amines is 1.